The molecule has 2 fully saturated rings. The molecule has 0 spiro atoms. The van der Waals surface area contributed by atoms with Gasteiger partial charge in [-0.2, -0.15) is 0 Å². The lowest BCUT2D eigenvalue weighted by atomic mass is 9.95. The maximum absolute atomic E-state index is 12.5. The molecular formula is C15H26N2O4. The second-order valence-corrected chi connectivity index (χ2v) is 5.92. The third-order valence-corrected chi connectivity index (χ3v) is 4.33. The lowest BCUT2D eigenvalue weighted by Gasteiger charge is -2.34. The maximum Gasteiger partial charge on any atom is 0.225 e. The zero-order valence-corrected chi connectivity index (χ0v) is 12.8. The summed E-state index contributed by atoms with van der Waals surface area (Å²) in [6.07, 6.45) is 3.51. The van der Waals surface area contributed by atoms with Crippen molar-refractivity contribution in [3.8, 4) is 0 Å². The first-order valence-corrected chi connectivity index (χ1v) is 7.84. The molecule has 1 N–H and O–H groups in total. The SMILES string of the molecule is COCCN(CCO)C(=O)C1CCN(C(=O)C2CC2)CC1. The Morgan fingerprint density at radius 3 is 2.33 bits per heavy atom. The van der Waals surface area contributed by atoms with E-state index in [-0.39, 0.29) is 30.3 Å². The number of nitrogens with zero attached hydrogens (tertiary/aromatic N) is 2. The van der Waals surface area contributed by atoms with Crippen molar-refractivity contribution in [3.05, 3.63) is 0 Å². The van der Waals surface area contributed by atoms with Crippen LogP contribution in [-0.2, 0) is 14.3 Å². The van der Waals surface area contributed by atoms with Crippen molar-refractivity contribution >= 4 is 11.8 Å². The number of carbonyl (C=O) groups excluding carboxylic acids is 2. The summed E-state index contributed by atoms with van der Waals surface area (Å²) in [7, 11) is 1.60. The van der Waals surface area contributed by atoms with E-state index in [1.165, 1.54) is 0 Å². The van der Waals surface area contributed by atoms with Gasteiger partial charge < -0.3 is 19.6 Å². The van der Waals surface area contributed by atoms with Crippen LogP contribution in [0, 0.1) is 11.8 Å². The van der Waals surface area contributed by atoms with Gasteiger partial charge in [-0.1, -0.05) is 0 Å². The van der Waals surface area contributed by atoms with E-state index >= 15 is 0 Å². The number of amides is 2. The number of methoxy groups -OCH3 is 1. The zero-order valence-electron chi connectivity index (χ0n) is 12.8. The topological polar surface area (TPSA) is 70.1 Å². The molecule has 1 saturated heterocycles. The van der Waals surface area contributed by atoms with Crippen LogP contribution in [0.1, 0.15) is 25.7 Å². The van der Waals surface area contributed by atoms with E-state index in [0.29, 0.717) is 32.8 Å². The highest BCUT2D eigenvalue weighted by Gasteiger charge is 2.36. The molecule has 21 heavy (non-hydrogen) atoms. The number of aliphatic hydroxyl groups excluding tert-OH is 1. The molecule has 1 aliphatic heterocycles. The minimum Gasteiger partial charge on any atom is -0.395 e. The number of rotatable bonds is 7. The first kappa shape index (κ1) is 16.2. The number of aliphatic hydroxyl groups is 1. The van der Waals surface area contributed by atoms with E-state index in [9.17, 15) is 9.59 Å². The highest BCUT2D eigenvalue weighted by atomic mass is 16.5. The smallest absolute Gasteiger partial charge is 0.225 e. The van der Waals surface area contributed by atoms with Gasteiger partial charge in [0.2, 0.25) is 11.8 Å². The molecule has 6 heteroatoms. The van der Waals surface area contributed by atoms with Crippen LogP contribution >= 0.6 is 0 Å². The molecule has 0 aromatic heterocycles. The van der Waals surface area contributed by atoms with E-state index in [1.807, 2.05) is 4.90 Å². The predicted molar refractivity (Wildman–Crippen MR) is 77.6 cm³/mol. The van der Waals surface area contributed by atoms with Crippen LogP contribution in [-0.4, -0.2) is 73.2 Å². The van der Waals surface area contributed by atoms with Gasteiger partial charge in [0.15, 0.2) is 0 Å². The molecule has 0 aromatic carbocycles. The number of likely N-dealkylation sites (tertiary alicyclic amines) is 1. The number of hydrogen-bond donors (Lipinski definition) is 1. The summed E-state index contributed by atoms with van der Waals surface area (Å²) in [4.78, 5) is 28.1. The third kappa shape index (κ3) is 4.41. The first-order valence-electron chi connectivity index (χ1n) is 7.84. The summed E-state index contributed by atoms with van der Waals surface area (Å²) in [5.41, 5.74) is 0. The third-order valence-electron chi connectivity index (χ3n) is 4.33. The van der Waals surface area contributed by atoms with Gasteiger partial charge >= 0.3 is 0 Å². The lowest BCUT2D eigenvalue weighted by Crippen LogP contribution is -2.46. The Labute approximate surface area is 126 Å². The van der Waals surface area contributed by atoms with Crippen molar-refractivity contribution in [2.75, 3.05) is 46.5 Å². The average molecular weight is 298 g/mol. The first-order chi connectivity index (χ1) is 10.2. The molecule has 0 aromatic rings. The lowest BCUT2D eigenvalue weighted by molar-refractivity contribution is -0.142. The molecule has 2 rings (SSSR count). The van der Waals surface area contributed by atoms with Crippen LogP contribution in [0.3, 0.4) is 0 Å². The second-order valence-electron chi connectivity index (χ2n) is 5.92. The normalized spacial score (nSPS) is 19.6. The molecule has 0 bridgehead atoms. The van der Waals surface area contributed by atoms with Crippen LogP contribution < -0.4 is 0 Å². The van der Waals surface area contributed by atoms with Gasteiger partial charge in [0.05, 0.1) is 13.2 Å². The average Bonchev–Trinajstić information content (AvgIpc) is 3.35. The van der Waals surface area contributed by atoms with Crippen LogP contribution in [0.5, 0.6) is 0 Å². The zero-order chi connectivity index (χ0) is 15.2. The van der Waals surface area contributed by atoms with E-state index < -0.39 is 0 Å². The molecule has 6 nitrogen and oxygen atoms in total. The standard InChI is InChI=1S/C15H26N2O4/c1-21-11-9-17(8-10-18)15(20)13-4-6-16(7-5-13)14(19)12-2-3-12/h12-13,18H,2-11H2,1H3. The van der Waals surface area contributed by atoms with E-state index in [1.54, 1.807) is 12.0 Å². The Kier molecular flexibility index (Phi) is 5.99. The fourth-order valence-corrected chi connectivity index (χ4v) is 2.85. The van der Waals surface area contributed by atoms with Crippen LogP contribution in [0.25, 0.3) is 0 Å². The van der Waals surface area contributed by atoms with Gasteiger partial charge in [-0.05, 0) is 25.7 Å². The van der Waals surface area contributed by atoms with Crippen molar-refractivity contribution in [1.29, 1.82) is 0 Å². The van der Waals surface area contributed by atoms with E-state index in [4.69, 9.17) is 9.84 Å². The summed E-state index contributed by atoms with van der Waals surface area (Å²) >= 11 is 0. The van der Waals surface area contributed by atoms with Gasteiger partial charge in [-0.25, -0.2) is 0 Å². The number of piperidine rings is 1. The molecule has 120 valence electrons. The maximum atomic E-state index is 12.5. The molecule has 1 heterocycles. The number of carbonyl (C=O) groups is 2. The Balaban J connectivity index is 1.81. The summed E-state index contributed by atoms with van der Waals surface area (Å²) in [5.74, 6) is 0.577. The van der Waals surface area contributed by atoms with Crippen molar-refractivity contribution in [3.63, 3.8) is 0 Å². The Morgan fingerprint density at radius 2 is 1.81 bits per heavy atom. The van der Waals surface area contributed by atoms with Gasteiger partial charge in [-0.15, -0.1) is 0 Å². The van der Waals surface area contributed by atoms with Crippen molar-refractivity contribution in [1.82, 2.24) is 9.80 Å². The second kappa shape index (κ2) is 7.75. The summed E-state index contributed by atoms with van der Waals surface area (Å²) < 4.78 is 5.01. The fourth-order valence-electron chi connectivity index (χ4n) is 2.85. The van der Waals surface area contributed by atoms with Crippen molar-refractivity contribution in [2.45, 2.75) is 25.7 Å². The number of ether oxygens (including phenoxy) is 1. The van der Waals surface area contributed by atoms with Gasteiger partial charge in [-0.3, -0.25) is 9.59 Å². The summed E-state index contributed by atoms with van der Waals surface area (Å²) in [5, 5.41) is 9.08. The molecule has 2 aliphatic rings. The molecule has 1 aliphatic carbocycles. The molecular weight excluding hydrogens is 272 g/mol. The predicted octanol–water partition coefficient (Wildman–Crippen LogP) is 0.102. The molecule has 1 saturated carbocycles. The van der Waals surface area contributed by atoms with E-state index in [2.05, 4.69) is 0 Å². The highest BCUT2D eigenvalue weighted by Crippen LogP contribution is 2.32. The largest absolute Gasteiger partial charge is 0.395 e. The van der Waals surface area contributed by atoms with Crippen LogP contribution in [0.2, 0.25) is 0 Å². The Hall–Kier alpha value is -1.14. The van der Waals surface area contributed by atoms with Crippen LogP contribution in [0.15, 0.2) is 0 Å². The quantitative estimate of drug-likeness (QED) is 0.724. The minimum atomic E-state index is -0.0333. The Bertz CT molecular complexity index is 363. The molecule has 0 atom stereocenters. The minimum absolute atomic E-state index is 0.0309. The molecule has 0 unspecified atom stereocenters. The summed E-state index contributed by atoms with van der Waals surface area (Å²) in [6, 6.07) is 0. The number of hydrogen-bond acceptors (Lipinski definition) is 4. The van der Waals surface area contributed by atoms with Gasteiger partial charge in [0.1, 0.15) is 0 Å². The molecule has 2 amide bonds. The van der Waals surface area contributed by atoms with Crippen molar-refractivity contribution < 1.29 is 19.4 Å². The fraction of sp³-hybridized carbons (Fsp3) is 0.867. The van der Waals surface area contributed by atoms with Crippen LogP contribution in [0.4, 0.5) is 0 Å². The van der Waals surface area contributed by atoms with Gasteiger partial charge in [0.25, 0.3) is 0 Å². The van der Waals surface area contributed by atoms with E-state index in [0.717, 1.165) is 25.7 Å². The molecule has 0 radical (unpaired) electrons. The highest BCUT2D eigenvalue weighted by molar-refractivity contribution is 5.82. The Morgan fingerprint density at radius 1 is 1.14 bits per heavy atom. The summed E-state index contributed by atoms with van der Waals surface area (Å²) in [6.45, 7) is 2.67. The van der Waals surface area contributed by atoms with Gasteiger partial charge in [0, 0.05) is 45.1 Å². The van der Waals surface area contributed by atoms with Crippen molar-refractivity contribution in [2.24, 2.45) is 11.8 Å². The monoisotopic (exact) mass is 298 g/mol.